The molecule has 2 aromatic rings. The van der Waals surface area contributed by atoms with Crippen LogP contribution in [0.25, 0.3) is 0 Å². The van der Waals surface area contributed by atoms with Crippen LogP contribution in [0.4, 0.5) is 13.2 Å². The van der Waals surface area contributed by atoms with Gasteiger partial charge in [-0.15, -0.1) is 0 Å². The molecule has 0 bridgehead atoms. The lowest BCUT2D eigenvalue weighted by Gasteiger charge is -1.97. The predicted molar refractivity (Wildman–Crippen MR) is 62.8 cm³/mol. The quantitative estimate of drug-likeness (QED) is 0.933. The van der Waals surface area contributed by atoms with Crippen molar-refractivity contribution in [3.05, 3.63) is 16.4 Å². The van der Waals surface area contributed by atoms with Crippen molar-refractivity contribution in [2.45, 2.75) is 21.8 Å². The topological polar surface area (TPSA) is 76.0 Å². The van der Waals surface area contributed by atoms with Crippen LogP contribution in [0.5, 0.6) is 0 Å². The minimum Gasteiger partial charge on any atom is -0.477 e. The summed E-state index contributed by atoms with van der Waals surface area (Å²) < 4.78 is 40.5. The molecular weight excluding hydrogens is 323 g/mol. The van der Waals surface area contributed by atoms with Gasteiger partial charge in [-0.05, 0) is 30.2 Å². The van der Waals surface area contributed by atoms with Gasteiger partial charge >= 0.3 is 12.1 Å². The van der Waals surface area contributed by atoms with E-state index in [0.29, 0.717) is 21.6 Å². The molecule has 5 nitrogen and oxygen atoms in total. The van der Waals surface area contributed by atoms with Crippen molar-refractivity contribution in [1.82, 2.24) is 14.3 Å². The summed E-state index contributed by atoms with van der Waals surface area (Å²) in [6.45, 7) is 1.52. The first-order valence-corrected chi connectivity index (χ1v) is 6.97. The Balaban J connectivity index is 2.20. The van der Waals surface area contributed by atoms with E-state index < -0.39 is 18.0 Å². The SMILES string of the molecule is Cc1nc(Sc2nc(C(F)(F)F)ns2)sc1C(=O)O. The summed E-state index contributed by atoms with van der Waals surface area (Å²) in [7, 11) is 0. The van der Waals surface area contributed by atoms with Crippen LogP contribution in [0.15, 0.2) is 8.68 Å². The molecule has 19 heavy (non-hydrogen) atoms. The Morgan fingerprint density at radius 2 is 2.00 bits per heavy atom. The van der Waals surface area contributed by atoms with E-state index in [4.69, 9.17) is 5.11 Å². The van der Waals surface area contributed by atoms with Gasteiger partial charge < -0.3 is 5.11 Å². The molecule has 0 aliphatic heterocycles. The van der Waals surface area contributed by atoms with Crippen LogP contribution in [-0.2, 0) is 6.18 Å². The second-order valence-electron chi connectivity index (χ2n) is 3.18. The summed E-state index contributed by atoms with van der Waals surface area (Å²) in [5.74, 6) is -2.32. The number of hydrogen-bond acceptors (Lipinski definition) is 7. The maximum absolute atomic E-state index is 12.3. The molecule has 0 spiro atoms. The van der Waals surface area contributed by atoms with Crippen LogP contribution in [0.3, 0.4) is 0 Å². The minimum absolute atomic E-state index is 0.0584. The smallest absolute Gasteiger partial charge is 0.452 e. The highest BCUT2D eigenvalue weighted by molar-refractivity contribution is 8.02. The largest absolute Gasteiger partial charge is 0.477 e. The summed E-state index contributed by atoms with van der Waals surface area (Å²) in [5, 5.41) is 8.84. The lowest BCUT2D eigenvalue weighted by Crippen LogP contribution is -2.06. The van der Waals surface area contributed by atoms with Crippen molar-refractivity contribution in [1.29, 1.82) is 0 Å². The van der Waals surface area contributed by atoms with E-state index in [1.165, 1.54) is 6.92 Å². The van der Waals surface area contributed by atoms with Crippen LogP contribution >= 0.6 is 34.6 Å². The third-order valence-corrected chi connectivity index (χ3v) is 4.76. The van der Waals surface area contributed by atoms with Crippen molar-refractivity contribution in [3.63, 3.8) is 0 Å². The molecule has 0 saturated carbocycles. The molecule has 1 N–H and O–H groups in total. The molecule has 0 amide bonds. The summed E-state index contributed by atoms with van der Waals surface area (Å²) >= 11 is 2.35. The molecule has 2 heterocycles. The van der Waals surface area contributed by atoms with Crippen molar-refractivity contribution in [3.8, 4) is 0 Å². The van der Waals surface area contributed by atoms with Crippen molar-refractivity contribution in [2.75, 3.05) is 0 Å². The Bertz CT molecular complexity index is 622. The van der Waals surface area contributed by atoms with E-state index in [-0.39, 0.29) is 9.22 Å². The molecule has 0 atom stereocenters. The zero-order chi connectivity index (χ0) is 14.2. The van der Waals surface area contributed by atoms with E-state index in [0.717, 1.165) is 23.1 Å². The molecular formula is C8H4F3N3O2S3. The van der Waals surface area contributed by atoms with Gasteiger partial charge in [0.25, 0.3) is 0 Å². The number of nitrogens with zero attached hydrogens (tertiary/aromatic N) is 3. The van der Waals surface area contributed by atoms with Crippen LogP contribution in [0, 0.1) is 6.92 Å². The summed E-state index contributed by atoms with van der Waals surface area (Å²) in [6, 6.07) is 0. The molecule has 2 rings (SSSR count). The summed E-state index contributed by atoms with van der Waals surface area (Å²) in [4.78, 5) is 18.2. The number of alkyl halides is 3. The summed E-state index contributed by atoms with van der Waals surface area (Å²) in [5.41, 5.74) is 0.320. The van der Waals surface area contributed by atoms with Gasteiger partial charge in [0, 0.05) is 0 Å². The number of thiazole rings is 1. The van der Waals surface area contributed by atoms with Gasteiger partial charge in [-0.2, -0.15) is 17.5 Å². The molecule has 0 aliphatic carbocycles. The number of aryl methyl sites for hydroxylation is 1. The zero-order valence-electron chi connectivity index (χ0n) is 9.06. The Morgan fingerprint density at radius 3 is 2.47 bits per heavy atom. The summed E-state index contributed by atoms with van der Waals surface area (Å²) in [6.07, 6.45) is -4.58. The first-order chi connectivity index (χ1) is 8.77. The van der Waals surface area contributed by atoms with E-state index >= 15 is 0 Å². The predicted octanol–water partition coefficient (Wildman–Crippen LogP) is 3.17. The highest BCUT2D eigenvalue weighted by Crippen LogP contribution is 2.36. The number of carboxylic acids is 1. The molecule has 0 aliphatic rings. The van der Waals surface area contributed by atoms with Gasteiger partial charge in [0.1, 0.15) is 4.88 Å². The number of halogens is 3. The van der Waals surface area contributed by atoms with Crippen molar-refractivity contribution in [2.24, 2.45) is 0 Å². The number of carboxylic acid groups (broad SMARTS) is 1. The standard InChI is InChI=1S/C8H4F3N3O2S3/c1-2-3(4(15)16)17-6(12-2)18-7-13-5(14-19-7)8(9,10)11/h1H3,(H,15,16). The molecule has 102 valence electrons. The lowest BCUT2D eigenvalue weighted by molar-refractivity contribution is -0.144. The van der Waals surface area contributed by atoms with E-state index in [9.17, 15) is 18.0 Å². The Kier molecular flexibility index (Phi) is 3.78. The maximum atomic E-state index is 12.3. The Hall–Kier alpha value is -1.20. The van der Waals surface area contributed by atoms with Gasteiger partial charge in [-0.25, -0.2) is 14.8 Å². The fraction of sp³-hybridized carbons (Fsp3) is 0.250. The second-order valence-corrected chi connectivity index (χ2v) is 6.43. The number of carbonyl (C=O) groups is 1. The average Bonchev–Trinajstić information content (AvgIpc) is 2.85. The maximum Gasteiger partial charge on any atom is 0.452 e. The fourth-order valence-electron chi connectivity index (χ4n) is 1.05. The first-order valence-electron chi connectivity index (χ1n) is 4.57. The van der Waals surface area contributed by atoms with E-state index in [1.54, 1.807) is 0 Å². The van der Waals surface area contributed by atoms with Gasteiger partial charge in [0.05, 0.1) is 5.69 Å². The molecule has 11 heteroatoms. The van der Waals surface area contributed by atoms with Crippen molar-refractivity contribution >= 4 is 40.6 Å². The minimum atomic E-state index is -4.58. The molecule has 0 unspecified atom stereocenters. The first kappa shape index (κ1) is 14.2. The van der Waals surface area contributed by atoms with Crippen LogP contribution in [-0.4, -0.2) is 25.4 Å². The number of aromatic carboxylic acids is 1. The lowest BCUT2D eigenvalue weighted by atomic mass is 10.4. The molecule has 0 aromatic carbocycles. The van der Waals surface area contributed by atoms with Crippen LogP contribution < -0.4 is 0 Å². The highest BCUT2D eigenvalue weighted by atomic mass is 32.2. The monoisotopic (exact) mass is 327 g/mol. The third kappa shape index (κ3) is 3.22. The zero-order valence-corrected chi connectivity index (χ0v) is 11.5. The fourth-order valence-corrected chi connectivity index (χ4v) is 3.90. The second kappa shape index (κ2) is 5.06. The number of aromatic nitrogens is 3. The van der Waals surface area contributed by atoms with Gasteiger partial charge in [-0.1, -0.05) is 11.3 Å². The van der Waals surface area contributed by atoms with Crippen LogP contribution in [0.2, 0.25) is 0 Å². The normalized spacial score (nSPS) is 11.8. The molecule has 0 saturated heterocycles. The Labute approximate surface area is 116 Å². The van der Waals surface area contributed by atoms with Gasteiger partial charge in [0.15, 0.2) is 8.68 Å². The number of rotatable bonds is 3. The van der Waals surface area contributed by atoms with E-state index in [1.807, 2.05) is 0 Å². The average molecular weight is 327 g/mol. The molecule has 2 aromatic heterocycles. The van der Waals surface area contributed by atoms with Crippen molar-refractivity contribution < 1.29 is 23.1 Å². The van der Waals surface area contributed by atoms with Crippen LogP contribution in [0.1, 0.15) is 21.2 Å². The third-order valence-electron chi connectivity index (χ3n) is 1.81. The molecule has 0 fully saturated rings. The highest BCUT2D eigenvalue weighted by Gasteiger charge is 2.36. The van der Waals surface area contributed by atoms with E-state index in [2.05, 4.69) is 14.3 Å². The van der Waals surface area contributed by atoms with Gasteiger partial charge in [-0.3, -0.25) is 0 Å². The Morgan fingerprint density at radius 1 is 1.32 bits per heavy atom. The molecule has 0 radical (unpaired) electrons. The van der Waals surface area contributed by atoms with Gasteiger partial charge in [0.2, 0.25) is 5.82 Å². The number of hydrogen-bond donors (Lipinski definition) is 1.